The van der Waals surface area contributed by atoms with Crippen LogP contribution < -0.4 is 5.32 Å². The maximum absolute atomic E-state index is 3.75. The van der Waals surface area contributed by atoms with E-state index in [1.807, 2.05) is 0 Å². The highest BCUT2D eigenvalue weighted by atomic mass is 14.9. The number of aryl methyl sites for hydroxylation is 2. The molecule has 2 rings (SSSR count). The van der Waals surface area contributed by atoms with Gasteiger partial charge in [-0.05, 0) is 30.4 Å². The Morgan fingerprint density at radius 2 is 1.48 bits per heavy atom. The third kappa shape index (κ3) is 4.44. The van der Waals surface area contributed by atoms with E-state index in [2.05, 4.69) is 88.5 Å². The van der Waals surface area contributed by atoms with Crippen LogP contribution in [-0.4, -0.2) is 0 Å². The lowest BCUT2D eigenvalue weighted by Gasteiger charge is -2.32. The van der Waals surface area contributed by atoms with Crippen molar-refractivity contribution in [1.82, 2.24) is 5.32 Å². The summed E-state index contributed by atoms with van der Waals surface area (Å²) >= 11 is 0. The fourth-order valence-electron chi connectivity index (χ4n) is 2.96. The zero-order valence-corrected chi connectivity index (χ0v) is 13.9. The third-order valence-corrected chi connectivity index (χ3v) is 3.79. The van der Waals surface area contributed by atoms with Crippen LogP contribution in [0.1, 0.15) is 49.1 Å². The van der Waals surface area contributed by atoms with E-state index < -0.39 is 0 Å². The van der Waals surface area contributed by atoms with E-state index in [4.69, 9.17) is 0 Å². The first-order chi connectivity index (χ1) is 9.86. The van der Waals surface area contributed by atoms with Crippen LogP contribution in [0.25, 0.3) is 0 Å². The fourth-order valence-corrected chi connectivity index (χ4v) is 2.96. The quantitative estimate of drug-likeness (QED) is 0.814. The van der Waals surface area contributed by atoms with Crippen LogP contribution in [0.15, 0.2) is 48.5 Å². The molecule has 0 aliphatic rings. The monoisotopic (exact) mass is 281 g/mol. The summed E-state index contributed by atoms with van der Waals surface area (Å²) in [6.45, 7) is 12.1. The van der Waals surface area contributed by atoms with Gasteiger partial charge >= 0.3 is 0 Å². The van der Waals surface area contributed by atoms with Gasteiger partial charge < -0.3 is 5.32 Å². The van der Waals surface area contributed by atoms with E-state index in [0.717, 1.165) is 6.54 Å². The lowest BCUT2D eigenvalue weighted by atomic mass is 9.82. The first kappa shape index (κ1) is 15.8. The number of hydrogen-bond acceptors (Lipinski definition) is 1. The number of hydrogen-bond donors (Lipinski definition) is 1. The van der Waals surface area contributed by atoms with E-state index in [-0.39, 0.29) is 5.41 Å². The summed E-state index contributed by atoms with van der Waals surface area (Å²) in [5.74, 6) is 0. The van der Waals surface area contributed by atoms with Crippen molar-refractivity contribution in [3.05, 3.63) is 70.8 Å². The molecule has 0 aliphatic carbocycles. The summed E-state index contributed by atoms with van der Waals surface area (Å²) in [5.41, 5.74) is 5.56. The molecular weight excluding hydrogens is 254 g/mol. The van der Waals surface area contributed by atoms with Gasteiger partial charge in [-0.3, -0.25) is 0 Å². The van der Waals surface area contributed by atoms with Crippen molar-refractivity contribution in [2.24, 2.45) is 5.41 Å². The Hall–Kier alpha value is -1.60. The first-order valence-corrected chi connectivity index (χ1v) is 7.72. The van der Waals surface area contributed by atoms with Crippen LogP contribution in [0.3, 0.4) is 0 Å². The average molecular weight is 281 g/mol. The summed E-state index contributed by atoms with van der Waals surface area (Å²) in [5, 5.41) is 3.75. The van der Waals surface area contributed by atoms with Gasteiger partial charge in [0.2, 0.25) is 0 Å². The minimum absolute atomic E-state index is 0.181. The molecule has 2 aromatic carbocycles. The van der Waals surface area contributed by atoms with Crippen LogP contribution in [0, 0.1) is 19.3 Å². The van der Waals surface area contributed by atoms with Crippen molar-refractivity contribution in [1.29, 1.82) is 0 Å². The molecule has 2 aromatic rings. The Balaban J connectivity index is 2.17. The van der Waals surface area contributed by atoms with Gasteiger partial charge in [-0.2, -0.15) is 0 Å². The van der Waals surface area contributed by atoms with Gasteiger partial charge in [-0.25, -0.2) is 0 Å². The molecule has 0 radical (unpaired) electrons. The second-order valence-corrected chi connectivity index (χ2v) is 7.09. The molecule has 0 bridgehead atoms. The summed E-state index contributed by atoms with van der Waals surface area (Å²) in [6.07, 6.45) is 0. The number of nitrogens with one attached hydrogen (secondary N) is 1. The maximum atomic E-state index is 3.75. The van der Waals surface area contributed by atoms with Gasteiger partial charge in [0.1, 0.15) is 0 Å². The molecular formula is C20H27N. The Bertz CT molecular complexity index is 558. The van der Waals surface area contributed by atoms with Gasteiger partial charge in [-0.15, -0.1) is 0 Å². The van der Waals surface area contributed by atoms with Crippen LogP contribution in [0.4, 0.5) is 0 Å². The fraction of sp³-hybridized carbons (Fsp3) is 0.400. The topological polar surface area (TPSA) is 12.0 Å². The van der Waals surface area contributed by atoms with E-state index in [1.54, 1.807) is 0 Å². The molecule has 0 heterocycles. The summed E-state index contributed by atoms with van der Waals surface area (Å²) in [6, 6.07) is 17.8. The Morgan fingerprint density at radius 1 is 0.905 bits per heavy atom. The van der Waals surface area contributed by atoms with E-state index >= 15 is 0 Å². The molecule has 1 N–H and O–H groups in total. The van der Waals surface area contributed by atoms with Crippen molar-refractivity contribution >= 4 is 0 Å². The van der Waals surface area contributed by atoms with Crippen molar-refractivity contribution < 1.29 is 0 Å². The predicted octanol–water partition coefficient (Wildman–Crippen LogP) is 5.18. The Labute approximate surface area is 129 Å². The normalized spacial score (nSPS) is 13.2. The smallest absolute Gasteiger partial charge is 0.0372 e. The first-order valence-electron chi connectivity index (χ1n) is 7.72. The summed E-state index contributed by atoms with van der Waals surface area (Å²) < 4.78 is 0. The molecule has 21 heavy (non-hydrogen) atoms. The standard InChI is InChI=1S/C20H27N/c1-15-11-16(2)13-17(12-15)14-21-19(20(3,4)5)18-9-7-6-8-10-18/h6-13,19,21H,14H2,1-5H3. The highest BCUT2D eigenvalue weighted by Gasteiger charge is 2.25. The van der Waals surface area contributed by atoms with Crippen molar-refractivity contribution in [3.63, 3.8) is 0 Å². The van der Waals surface area contributed by atoms with Gasteiger partial charge in [0.05, 0.1) is 0 Å². The molecule has 112 valence electrons. The molecule has 0 spiro atoms. The van der Waals surface area contributed by atoms with E-state index in [9.17, 15) is 0 Å². The number of rotatable bonds is 4. The van der Waals surface area contributed by atoms with E-state index in [0.29, 0.717) is 6.04 Å². The Morgan fingerprint density at radius 3 is 2.00 bits per heavy atom. The molecule has 0 saturated carbocycles. The zero-order chi connectivity index (χ0) is 15.5. The molecule has 1 atom stereocenters. The third-order valence-electron chi connectivity index (χ3n) is 3.79. The maximum Gasteiger partial charge on any atom is 0.0372 e. The van der Waals surface area contributed by atoms with Crippen molar-refractivity contribution in [2.45, 2.75) is 47.2 Å². The van der Waals surface area contributed by atoms with Crippen molar-refractivity contribution in [3.8, 4) is 0 Å². The minimum Gasteiger partial charge on any atom is -0.305 e. The van der Waals surface area contributed by atoms with Crippen LogP contribution in [0.5, 0.6) is 0 Å². The molecule has 0 amide bonds. The highest BCUT2D eigenvalue weighted by molar-refractivity contribution is 5.29. The second kappa shape index (κ2) is 6.44. The van der Waals surface area contributed by atoms with Gasteiger partial charge in [0.25, 0.3) is 0 Å². The predicted molar refractivity (Wildman–Crippen MR) is 91.4 cm³/mol. The van der Waals surface area contributed by atoms with E-state index in [1.165, 1.54) is 22.3 Å². The second-order valence-electron chi connectivity index (χ2n) is 7.09. The lowest BCUT2D eigenvalue weighted by molar-refractivity contribution is 0.271. The number of benzene rings is 2. The molecule has 0 saturated heterocycles. The molecule has 0 aromatic heterocycles. The van der Waals surface area contributed by atoms with Crippen LogP contribution >= 0.6 is 0 Å². The van der Waals surface area contributed by atoms with Gasteiger partial charge in [0.15, 0.2) is 0 Å². The summed E-state index contributed by atoms with van der Waals surface area (Å²) in [4.78, 5) is 0. The summed E-state index contributed by atoms with van der Waals surface area (Å²) in [7, 11) is 0. The van der Waals surface area contributed by atoms with Crippen molar-refractivity contribution in [2.75, 3.05) is 0 Å². The zero-order valence-electron chi connectivity index (χ0n) is 13.9. The lowest BCUT2D eigenvalue weighted by Crippen LogP contribution is -2.32. The molecule has 1 heteroatoms. The van der Waals surface area contributed by atoms with Gasteiger partial charge in [0, 0.05) is 12.6 Å². The molecule has 1 unspecified atom stereocenters. The highest BCUT2D eigenvalue weighted by Crippen LogP contribution is 2.32. The van der Waals surface area contributed by atoms with Crippen LogP contribution in [0.2, 0.25) is 0 Å². The van der Waals surface area contributed by atoms with Gasteiger partial charge in [-0.1, -0.05) is 80.4 Å². The van der Waals surface area contributed by atoms with Crippen LogP contribution in [-0.2, 0) is 6.54 Å². The Kier molecular flexibility index (Phi) is 4.84. The SMILES string of the molecule is Cc1cc(C)cc(CNC(c2ccccc2)C(C)(C)C)c1. The average Bonchev–Trinajstić information content (AvgIpc) is 2.37. The molecule has 0 fully saturated rings. The molecule has 1 nitrogen and oxygen atoms in total. The molecule has 0 aliphatic heterocycles. The minimum atomic E-state index is 0.181. The largest absolute Gasteiger partial charge is 0.305 e.